The van der Waals surface area contributed by atoms with Crippen LogP contribution in [0, 0.1) is 6.92 Å². The van der Waals surface area contributed by atoms with E-state index in [0.717, 1.165) is 31.5 Å². The number of likely N-dealkylation sites (N-methyl/N-ethyl adjacent to an activating group) is 1. The first-order valence-electron chi connectivity index (χ1n) is 8.43. The Morgan fingerprint density at radius 3 is 2.83 bits per heavy atom. The summed E-state index contributed by atoms with van der Waals surface area (Å²) in [7, 11) is 1.95. The maximum absolute atomic E-state index is 13.2. The van der Waals surface area contributed by atoms with E-state index in [-0.39, 0.29) is 5.91 Å². The minimum atomic E-state index is -0.405. The molecular weight excluding hydrogens is 304 g/mol. The Hall–Kier alpha value is -2.28. The molecule has 2 heterocycles. The van der Waals surface area contributed by atoms with Crippen LogP contribution in [0.25, 0.3) is 0 Å². The van der Waals surface area contributed by atoms with Crippen molar-refractivity contribution in [2.45, 2.75) is 38.3 Å². The quantitative estimate of drug-likeness (QED) is 0.885. The highest BCUT2D eigenvalue weighted by Crippen LogP contribution is 2.20. The summed E-state index contributed by atoms with van der Waals surface area (Å²) in [6.45, 7) is 3.36. The lowest BCUT2D eigenvalue weighted by Crippen LogP contribution is -2.49. The van der Waals surface area contributed by atoms with Crippen LogP contribution in [0.15, 0.2) is 30.3 Å². The topological polar surface area (TPSA) is 75.9 Å². The first kappa shape index (κ1) is 16.6. The van der Waals surface area contributed by atoms with Crippen molar-refractivity contribution in [3.8, 4) is 0 Å². The average Bonchev–Trinajstić information content (AvgIpc) is 3.06. The van der Waals surface area contributed by atoms with E-state index in [9.17, 15) is 4.79 Å². The number of hydrogen-bond acceptors (Lipinski definition) is 5. The van der Waals surface area contributed by atoms with Gasteiger partial charge in [0.2, 0.25) is 5.91 Å². The molecule has 2 aromatic rings. The summed E-state index contributed by atoms with van der Waals surface area (Å²) in [4.78, 5) is 15.1. The molecule has 2 atom stereocenters. The van der Waals surface area contributed by atoms with E-state index in [1.807, 2.05) is 49.2 Å². The summed E-state index contributed by atoms with van der Waals surface area (Å²) < 4.78 is 1.65. The van der Waals surface area contributed by atoms with Crippen molar-refractivity contribution >= 4 is 5.91 Å². The third-order valence-electron chi connectivity index (χ3n) is 4.65. The van der Waals surface area contributed by atoms with E-state index in [1.165, 1.54) is 0 Å². The molecule has 0 aliphatic carbocycles. The highest BCUT2D eigenvalue weighted by molar-refractivity contribution is 5.81. The molecule has 1 aliphatic rings. The predicted molar refractivity (Wildman–Crippen MR) is 90.4 cm³/mol. The molecule has 1 N–H and O–H groups in total. The van der Waals surface area contributed by atoms with Crippen LogP contribution in [0.3, 0.4) is 0 Å². The lowest BCUT2D eigenvalue weighted by atomic mass is 10.0. The number of piperidine rings is 1. The van der Waals surface area contributed by atoms with Gasteiger partial charge in [-0.15, -0.1) is 5.10 Å². The van der Waals surface area contributed by atoms with E-state index < -0.39 is 6.04 Å². The lowest BCUT2D eigenvalue weighted by Gasteiger charge is -2.34. The van der Waals surface area contributed by atoms with Gasteiger partial charge in [0.25, 0.3) is 0 Å². The first-order valence-corrected chi connectivity index (χ1v) is 8.43. The van der Waals surface area contributed by atoms with Gasteiger partial charge in [-0.3, -0.25) is 4.79 Å². The Morgan fingerprint density at radius 2 is 2.17 bits per heavy atom. The summed E-state index contributed by atoms with van der Waals surface area (Å²) in [5.74, 6) is 0.751. The number of amides is 1. The number of aromatic nitrogens is 4. The Labute approximate surface area is 142 Å². The molecule has 1 saturated heterocycles. The van der Waals surface area contributed by atoms with Gasteiger partial charge in [-0.25, -0.2) is 4.68 Å². The number of carbonyl (C=O) groups excluding carboxylic acids is 1. The predicted octanol–water partition coefficient (Wildman–Crippen LogP) is 0.976. The van der Waals surface area contributed by atoms with E-state index in [2.05, 4.69) is 20.8 Å². The van der Waals surface area contributed by atoms with Crippen LogP contribution < -0.4 is 5.32 Å². The summed E-state index contributed by atoms with van der Waals surface area (Å²) in [6, 6.07) is 9.97. The number of likely N-dealkylation sites (tertiary alicyclic amines) is 1. The standard InChI is InChI=1S/C17H24N6O/c1-13-19-20-21-23(13)16(11-14-7-4-3-5-8-14)17(24)22-10-6-9-15(12-22)18-2/h3-5,7-8,15-16,18H,6,9-12H2,1-2H3. The molecule has 7 heteroatoms. The third-order valence-corrected chi connectivity index (χ3v) is 4.65. The molecule has 0 spiro atoms. The molecule has 2 unspecified atom stereocenters. The van der Waals surface area contributed by atoms with Crippen LogP contribution in [0.5, 0.6) is 0 Å². The van der Waals surface area contributed by atoms with Gasteiger partial charge in [-0.05, 0) is 42.8 Å². The maximum Gasteiger partial charge on any atom is 0.247 e. The van der Waals surface area contributed by atoms with Crippen molar-refractivity contribution < 1.29 is 4.79 Å². The SMILES string of the molecule is CNC1CCCN(C(=O)C(Cc2ccccc2)n2nnnc2C)C1. The van der Waals surface area contributed by atoms with E-state index in [1.54, 1.807) is 4.68 Å². The van der Waals surface area contributed by atoms with E-state index >= 15 is 0 Å². The van der Waals surface area contributed by atoms with Gasteiger partial charge in [0.1, 0.15) is 11.9 Å². The number of tetrazole rings is 1. The zero-order chi connectivity index (χ0) is 16.9. The van der Waals surface area contributed by atoms with Gasteiger partial charge in [-0.2, -0.15) is 0 Å². The van der Waals surface area contributed by atoms with Crippen molar-refractivity contribution in [2.75, 3.05) is 20.1 Å². The zero-order valence-electron chi connectivity index (χ0n) is 14.2. The molecule has 1 aromatic carbocycles. The lowest BCUT2D eigenvalue weighted by molar-refractivity contribution is -0.136. The molecule has 1 aliphatic heterocycles. The number of benzene rings is 1. The van der Waals surface area contributed by atoms with Crippen LogP contribution in [0.1, 0.15) is 30.3 Å². The number of nitrogens with one attached hydrogen (secondary N) is 1. The minimum Gasteiger partial charge on any atom is -0.339 e. The van der Waals surface area contributed by atoms with Gasteiger partial charge < -0.3 is 10.2 Å². The van der Waals surface area contributed by atoms with Crippen LogP contribution >= 0.6 is 0 Å². The molecule has 1 fully saturated rings. The Bertz CT molecular complexity index is 671. The van der Waals surface area contributed by atoms with Crippen molar-refractivity contribution in [1.82, 2.24) is 30.4 Å². The molecule has 3 rings (SSSR count). The molecule has 0 bridgehead atoms. The van der Waals surface area contributed by atoms with Crippen molar-refractivity contribution in [1.29, 1.82) is 0 Å². The van der Waals surface area contributed by atoms with E-state index in [4.69, 9.17) is 0 Å². The number of aryl methyl sites for hydroxylation is 1. The summed E-state index contributed by atoms with van der Waals surface area (Å²) in [5.41, 5.74) is 1.10. The molecule has 0 saturated carbocycles. The number of carbonyl (C=O) groups is 1. The second-order valence-corrected chi connectivity index (χ2v) is 6.29. The summed E-state index contributed by atoms with van der Waals surface area (Å²) in [6.07, 6.45) is 2.71. The zero-order valence-corrected chi connectivity index (χ0v) is 14.2. The monoisotopic (exact) mass is 328 g/mol. The molecule has 7 nitrogen and oxygen atoms in total. The van der Waals surface area contributed by atoms with Gasteiger partial charge in [-0.1, -0.05) is 30.3 Å². The Balaban J connectivity index is 1.84. The van der Waals surface area contributed by atoms with Crippen molar-refractivity contribution in [3.63, 3.8) is 0 Å². The fraction of sp³-hybridized carbons (Fsp3) is 0.529. The van der Waals surface area contributed by atoms with Crippen molar-refractivity contribution in [3.05, 3.63) is 41.7 Å². The Morgan fingerprint density at radius 1 is 1.38 bits per heavy atom. The summed E-state index contributed by atoms with van der Waals surface area (Å²) >= 11 is 0. The van der Waals surface area contributed by atoms with Crippen LogP contribution in [0.2, 0.25) is 0 Å². The minimum absolute atomic E-state index is 0.0919. The van der Waals surface area contributed by atoms with Gasteiger partial charge in [0.15, 0.2) is 0 Å². The second-order valence-electron chi connectivity index (χ2n) is 6.29. The summed E-state index contributed by atoms with van der Waals surface area (Å²) in [5, 5.41) is 15.0. The normalized spacial score (nSPS) is 19.2. The molecule has 0 radical (unpaired) electrons. The molecule has 128 valence electrons. The van der Waals surface area contributed by atoms with Crippen LogP contribution in [0.4, 0.5) is 0 Å². The number of hydrogen-bond donors (Lipinski definition) is 1. The van der Waals surface area contributed by atoms with Gasteiger partial charge in [0.05, 0.1) is 0 Å². The van der Waals surface area contributed by atoms with Gasteiger partial charge >= 0.3 is 0 Å². The fourth-order valence-electron chi connectivity index (χ4n) is 3.27. The average molecular weight is 328 g/mol. The third kappa shape index (κ3) is 3.62. The molecule has 24 heavy (non-hydrogen) atoms. The first-order chi connectivity index (χ1) is 11.7. The molecule has 1 aromatic heterocycles. The number of rotatable bonds is 5. The highest BCUT2D eigenvalue weighted by Gasteiger charge is 2.31. The maximum atomic E-state index is 13.2. The largest absolute Gasteiger partial charge is 0.339 e. The van der Waals surface area contributed by atoms with Crippen LogP contribution in [-0.4, -0.2) is 57.2 Å². The van der Waals surface area contributed by atoms with Crippen molar-refractivity contribution in [2.24, 2.45) is 0 Å². The molecule has 1 amide bonds. The smallest absolute Gasteiger partial charge is 0.247 e. The highest BCUT2D eigenvalue weighted by atomic mass is 16.2. The number of nitrogens with zero attached hydrogens (tertiary/aromatic N) is 5. The van der Waals surface area contributed by atoms with E-state index in [0.29, 0.717) is 18.3 Å². The molecular formula is C17H24N6O. The Kier molecular flexibility index (Phi) is 5.20. The second kappa shape index (κ2) is 7.53. The van der Waals surface area contributed by atoms with Crippen LogP contribution in [-0.2, 0) is 11.2 Å². The van der Waals surface area contributed by atoms with Gasteiger partial charge in [0, 0.05) is 25.6 Å². The fourth-order valence-corrected chi connectivity index (χ4v) is 3.27.